The smallest absolute Gasteiger partial charge is 0.179 e. The van der Waals surface area contributed by atoms with Crippen LogP contribution in [0.15, 0.2) is 4.42 Å². The quantitative estimate of drug-likeness (QED) is 0.161. The molecule has 3 aromatic heterocycles. The van der Waals surface area contributed by atoms with Crippen molar-refractivity contribution in [3.63, 3.8) is 0 Å². The van der Waals surface area contributed by atoms with E-state index in [4.69, 9.17) is 224 Å². The Morgan fingerprint density at radius 1 is 0.218 bits per heavy atom. The van der Waals surface area contributed by atoms with Crippen LogP contribution in [0.25, 0.3) is 98.0 Å². The highest BCUT2D eigenvalue weighted by Crippen LogP contribution is 2.36. The van der Waals surface area contributed by atoms with E-state index in [1.807, 2.05) is 0 Å². The fourth-order valence-corrected chi connectivity index (χ4v) is 11.6. The van der Waals surface area contributed by atoms with Crippen LogP contribution in [0.4, 0.5) is 0 Å². The summed E-state index contributed by atoms with van der Waals surface area (Å²) in [5, 5.41) is 0.690. The minimum atomic E-state index is -0.368. The van der Waals surface area contributed by atoms with Gasteiger partial charge in [0.15, 0.2) is 13.4 Å². The molecule has 3 heterocycles. The van der Waals surface area contributed by atoms with E-state index >= 15 is 0 Å². The van der Waals surface area contributed by atoms with E-state index in [1.54, 1.807) is 0 Å². The molecule has 10 aromatic rings. The van der Waals surface area contributed by atoms with E-state index in [1.165, 1.54) is 0 Å². The molecule has 290 valence electrons. The lowest BCUT2D eigenvalue weighted by Gasteiger charge is -2.30. The highest BCUT2D eigenvalue weighted by molar-refractivity contribution is 7.28. The number of aromatic nitrogens is 2. The van der Waals surface area contributed by atoms with Gasteiger partial charge in [-0.2, -0.15) is 0 Å². The zero-order chi connectivity index (χ0) is 57.4. The normalized spacial score (nSPS) is 11.7. The number of hydrogen-bond acceptors (Lipinski definition) is 4. The number of rotatable bonds is 5. The lowest BCUT2D eigenvalue weighted by atomic mass is 9.55. The maximum atomic E-state index is 7.19. The lowest BCUT2D eigenvalue weighted by molar-refractivity contribution is 0.670. The second-order valence-corrected chi connectivity index (χ2v) is 19.5. The van der Waals surface area contributed by atoms with Crippen molar-refractivity contribution in [2.24, 2.45) is 0 Å². The second-order valence-electron chi connectivity index (χ2n) is 18.5. The van der Waals surface area contributed by atoms with Crippen molar-refractivity contribution >= 4 is 426 Å². The molecule has 0 spiro atoms. The van der Waals surface area contributed by atoms with Crippen molar-refractivity contribution in [2.45, 2.75) is 0 Å². The number of fused-ring (bicyclic) bond motifs is 6. The first-order chi connectivity index (χ1) is 36.4. The maximum absolute atomic E-state index is 7.19. The van der Waals surface area contributed by atoms with Crippen LogP contribution in [0, 0.1) is 0 Å². The Hall–Kier alpha value is -4.54. The Morgan fingerprint density at radius 2 is 0.513 bits per heavy atom. The first kappa shape index (κ1) is 56.7. The fourth-order valence-electron chi connectivity index (χ4n) is 10.3. The predicted octanol–water partition coefficient (Wildman–Crippen LogP) is -20.7. The molecule has 0 amide bonds. The van der Waals surface area contributed by atoms with Gasteiger partial charge in [0.1, 0.15) is 229 Å². The molecule has 10 rings (SSSR count). The molecule has 3 nitrogen and oxygen atoms in total. The van der Waals surface area contributed by atoms with E-state index in [0.29, 0.717) is 20.2 Å². The SMILES string of the molecule is [B]c1nc(-c2c([B])c([B])c([B])c(-c3c([B])c([B])c([B])c(-c4c([B])c([B])c([B])c5c4sc4c([B])c([B])c([B])c([B])c45)c3[B])c2[B])c2oc3c([B])c([B])c(-c4c([B])c([B])c(-c5c([B])c([B])c([B])c([B])c5[B])c([B])c4[B])c([B])c3c2n1. The van der Waals surface area contributed by atoms with Crippen LogP contribution in [-0.2, 0) is 0 Å². The van der Waals surface area contributed by atoms with Crippen LogP contribution in [-0.4, -0.2) is 230 Å². The molecule has 78 heavy (non-hydrogen) atoms. The molecule has 0 N–H and O–H groups in total. The molecule has 0 bridgehead atoms. The molecule has 56 radical (unpaired) electrons. The van der Waals surface area contributed by atoms with Gasteiger partial charge < -0.3 is 4.42 Å². The van der Waals surface area contributed by atoms with Crippen LogP contribution in [0.1, 0.15) is 0 Å². The van der Waals surface area contributed by atoms with Gasteiger partial charge in [0, 0.05) is 14.8 Å². The average Bonchev–Trinajstić information content (AvgIpc) is 4.03. The Morgan fingerprint density at radius 3 is 0.987 bits per heavy atom. The molecule has 0 saturated heterocycles. The molecule has 7 aromatic carbocycles. The van der Waals surface area contributed by atoms with Crippen molar-refractivity contribution in [3.8, 4) is 55.8 Å². The van der Waals surface area contributed by atoms with Gasteiger partial charge in [-0.3, -0.25) is 0 Å². The Bertz CT molecular complexity index is 4430. The van der Waals surface area contributed by atoms with Gasteiger partial charge in [-0.1, -0.05) is 104 Å². The summed E-state index contributed by atoms with van der Waals surface area (Å²) in [5.74, 6) is 0. The largest absolute Gasteiger partial charge is 0.453 e. The van der Waals surface area contributed by atoms with Crippen LogP contribution in [0.3, 0.4) is 0 Å². The lowest BCUT2D eigenvalue weighted by Crippen LogP contribution is -2.57. The number of hydrogen-bond donors (Lipinski definition) is 0. The van der Waals surface area contributed by atoms with E-state index in [2.05, 4.69) is 9.97 Å². The van der Waals surface area contributed by atoms with Gasteiger partial charge in [-0.05, 0) is 60.8 Å². The second kappa shape index (κ2) is 19.6. The van der Waals surface area contributed by atoms with E-state index in [0.717, 1.165) is 11.3 Å². The van der Waals surface area contributed by atoms with Gasteiger partial charge in [0.25, 0.3) is 0 Å². The fraction of sp³-hybridized carbons (Fsp3) is 0. The minimum absolute atomic E-state index is 0.00767. The molecule has 32 heteroatoms. The number of thiophene rings is 1. The van der Waals surface area contributed by atoms with E-state index in [9.17, 15) is 0 Å². The Balaban J connectivity index is 1.24. The third kappa shape index (κ3) is 7.64. The Kier molecular flexibility index (Phi) is 14.2. The van der Waals surface area contributed by atoms with Crippen LogP contribution >= 0.6 is 11.3 Å². The monoisotopic (exact) mass is 936 g/mol. The molecule has 0 aliphatic heterocycles. The van der Waals surface area contributed by atoms with Crippen molar-refractivity contribution in [2.75, 3.05) is 0 Å². The summed E-state index contributed by atoms with van der Waals surface area (Å²) in [6.07, 6.45) is 0. The third-order valence-corrected chi connectivity index (χ3v) is 15.7. The summed E-state index contributed by atoms with van der Waals surface area (Å²) in [7, 11) is 186. The van der Waals surface area contributed by atoms with Gasteiger partial charge >= 0.3 is 0 Å². The molecule has 0 aliphatic rings. The summed E-state index contributed by atoms with van der Waals surface area (Å²) < 4.78 is 7.22. The highest BCUT2D eigenvalue weighted by Gasteiger charge is 2.30. The van der Waals surface area contributed by atoms with Crippen LogP contribution in [0.5, 0.6) is 0 Å². The number of nitrogens with zero attached hydrogens (tertiary/aromatic N) is 2. The van der Waals surface area contributed by atoms with Gasteiger partial charge in [0.2, 0.25) is 0 Å². The van der Waals surface area contributed by atoms with Crippen molar-refractivity contribution < 1.29 is 4.42 Å². The van der Waals surface area contributed by atoms with E-state index < -0.39 is 0 Å². The third-order valence-electron chi connectivity index (χ3n) is 14.4. The van der Waals surface area contributed by atoms with Gasteiger partial charge in [-0.15, -0.1) is 55.0 Å². The molecule has 0 aliphatic carbocycles. The van der Waals surface area contributed by atoms with Crippen LogP contribution < -0.4 is 153 Å². The first-order valence-electron chi connectivity index (χ1n) is 22.5. The Labute approximate surface area is 493 Å². The van der Waals surface area contributed by atoms with E-state index in [-0.39, 0.29) is 231 Å². The zero-order valence-electron chi connectivity index (χ0n) is 40.9. The topological polar surface area (TPSA) is 38.9 Å². The standard InChI is InChI=1S/C46B28N2OS/c47-13-1(20(54)30(64)24(58)7(13)8-26(60)32(66)27(61)9-10-28(62)35(69)37(71)39(73)45(10)78-44(8)9)2-14(48)11(29(63)31(65)21(2)55)40-43-41(76-46(74)75-40)12-15(49)3(25(59)38(72)42(12)77-43)4-16(50)18(52)5(19(53)17(4)51)6-22(56)33(67)36(70)34(68)23(6)57. The molecule has 0 fully saturated rings. The molecular formula is C46B28N2OS. The number of benzene rings is 7. The number of furan rings is 1. The van der Waals surface area contributed by atoms with Crippen molar-refractivity contribution in [1.82, 2.24) is 9.97 Å². The van der Waals surface area contributed by atoms with Gasteiger partial charge in [-0.25, -0.2) is 9.97 Å². The van der Waals surface area contributed by atoms with Crippen molar-refractivity contribution in [3.05, 3.63) is 0 Å². The average molecular weight is 931 g/mol. The highest BCUT2D eigenvalue weighted by atomic mass is 32.1. The van der Waals surface area contributed by atoms with Crippen molar-refractivity contribution in [1.29, 1.82) is 0 Å². The van der Waals surface area contributed by atoms with Crippen LogP contribution in [0.2, 0.25) is 0 Å². The summed E-state index contributed by atoms with van der Waals surface area (Å²) in [6, 6.07) is 0. The zero-order valence-corrected chi connectivity index (χ0v) is 41.7. The summed E-state index contributed by atoms with van der Waals surface area (Å²) >= 11 is 1.10. The minimum Gasteiger partial charge on any atom is -0.453 e. The molecule has 0 saturated carbocycles. The summed E-state index contributed by atoms with van der Waals surface area (Å²) in [6.45, 7) is 0. The maximum Gasteiger partial charge on any atom is 0.179 e. The molecule has 0 unspecified atom stereocenters. The molecular weight excluding hydrogens is 931 g/mol. The summed E-state index contributed by atoms with van der Waals surface area (Å²) in [5.41, 5.74) is -4.28. The predicted molar refractivity (Wildman–Crippen MR) is 360 cm³/mol. The summed E-state index contributed by atoms with van der Waals surface area (Å²) in [4.78, 5) is 9.03. The molecule has 0 atom stereocenters. The van der Waals surface area contributed by atoms with Gasteiger partial charge in [0.05, 0.1) is 5.72 Å². The first-order valence-corrected chi connectivity index (χ1v) is 23.4.